The highest BCUT2D eigenvalue weighted by molar-refractivity contribution is 5.56. The molecular weight excluding hydrogens is 248 g/mol. The molecule has 2 N–H and O–H groups in total. The summed E-state index contributed by atoms with van der Waals surface area (Å²) in [5.41, 5.74) is 8.02. The van der Waals surface area contributed by atoms with E-state index in [1.54, 1.807) is 0 Å². The van der Waals surface area contributed by atoms with Gasteiger partial charge in [-0.3, -0.25) is 0 Å². The molecule has 2 heterocycles. The second-order valence-electron chi connectivity index (χ2n) is 5.99. The fourth-order valence-electron chi connectivity index (χ4n) is 2.57. The first-order chi connectivity index (χ1) is 9.54. The second kappa shape index (κ2) is 6.27. The van der Waals surface area contributed by atoms with Gasteiger partial charge in [0.15, 0.2) is 5.82 Å². The lowest BCUT2D eigenvalue weighted by atomic mass is 10.1. The van der Waals surface area contributed by atoms with Gasteiger partial charge >= 0.3 is 0 Å². The first-order valence-corrected chi connectivity index (χ1v) is 7.47. The average Bonchev–Trinajstić information content (AvgIpc) is 2.75. The van der Waals surface area contributed by atoms with Gasteiger partial charge in [-0.25, -0.2) is 4.98 Å². The van der Waals surface area contributed by atoms with Crippen LogP contribution in [0.4, 0.5) is 5.82 Å². The van der Waals surface area contributed by atoms with E-state index < -0.39 is 0 Å². The Morgan fingerprint density at radius 3 is 2.60 bits per heavy atom. The van der Waals surface area contributed by atoms with Crippen LogP contribution in [0, 0.1) is 5.92 Å². The Hall–Kier alpha value is -1.55. The van der Waals surface area contributed by atoms with Gasteiger partial charge in [-0.05, 0) is 38.4 Å². The summed E-state index contributed by atoms with van der Waals surface area (Å²) in [5, 5.41) is 0. The summed E-state index contributed by atoms with van der Waals surface area (Å²) >= 11 is 0. The van der Waals surface area contributed by atoms with Crippen LogP contribution < -0.4 is 10.6 Å². The molecule has 0 aromatic carbocycles. The molecule has 2 aromatic heterocycles. The Kier molecular flexibility index (Phi) is 4.65. The van der Waals surface area contributed by atoms with E-state index in [0.29, 0.717) is 18.5 Å². The maximum absolute atomic E-state index is 5.80. The Morgan fingerprint density at radius 1 is 1.25 bits per heavy atom. The highest BCUT2D eigenvalue weighted by Gasteiger charge is 2.20. The number of hydrogen-bond donors (Lipinski definition) is 1. The first-order valence-electron chi connectivity index (χ1n) is 7.47. The Labute approximate surface area is 121 Å². The molecule has 0 saturated heterocycles. The fraction of sp³-hybridized carbons (Fsp3) is 0.562. The quantitative estimate of drug-likeness (QED) is 0.881. The molecule has 0 aliphatic carbocycles. The number of rotatable bonds is 6. The van der Waals surface area contributed by atoms with Gasteiger partial charge in [0.05, 0.1) is 5.69 Å². The number of anilines is 1. The van der Waals surface area contributed by atoms with E-state index >= 15 is 0 Å². The Bertz CT molecular complexity index is 557. The van der Waals surface area contributed by atoms with Crippen LogP contribution in [0.15, 0.2) is 24.4 Å². The summed E-state index contributed by atoms with van der Waals surface area (Å²) in [4.78, 5) is 7.23. The van der Waals surface area contributed by atoms with Gasteiger partial charge in [0, 0.05) is 25.2 Å². The largest absolute Gasteiger partial charge is 0.352 e. The second-order valence-corrected chi connectivity index (χ2v) is 5.99. The molecule has 0 spiro atoms. The summed E-state index contributed by atoms with van der Waals surface area (Å²) in [5.74, 6) is 1.69. The van der Waals surface area contributed by atoms with E-state index in [4.69, 9.17) is 10.7 Å². The number of pyridine rings is 1. The van der Waals surface area contributed by atoms with E-state index in [1.165, 1.54) is 5.69 Å². The van der Waals surface area contributed by atoms with Gasteiger partial charge in [0.2, 0.25) is 0 Å². The number of hydrogen-bond acceptors (Lipinski definition) is 3. The topological polar surface area (TPSA) is 46.6 Å². The number of nitrogens with two attached hydrogens (primary N) is 1. The molecule has 0 fully saturated rings. The minimum atomic E-state index is 0.429. The lowest BCUT2D eigenvalue weighted by Crippen LogP contribution is -2.35. The first kappa shape index (κ1) is 14.9. The monoisotopic (exact) mass is 274 g/mol. The van der Waals surface area contributed by atoms with Crippen molar-refractivity contribution in [3.8, 4) is 0 Å². The highest BCUT2D eigenvalue weighted by atomic mass is 15.2. The molecule has 0 atom stereocenters. The van der Waals surface area contributed by atoms with Crippen LogP contribution in [0.1, 0.15) is 33.4 Å². The number of nitrogens with zero attached hydrogens (tertiary/aromatic N) is 3. The van der Waals surface area contributed by atoms with Gasteiger partial charge < -0.3 is 15.0 Å². The molecule has 4 nitrogen and oxygen atoms in total. The van der Waals surface area contributed by atoms with Crippen molar-refractivity contribution in [2.24, 2.45) is 11.7 Å². The molecule has 0 aliphatic heterocycles. The number of imidazole rings is 1. The predicted octanol–water partition coefficient (Wildman–Crippen LogP) is 2.71. The Morgan fingerprint density at radius 2 is 2.00 bits per heavy atom. The van der Waals surface area contributed by atoms with Crippen molar-refractivity contribution in [1.82, 2.24) is 9.38 Å². The average molecular weight is 274 g/mol. The van der Waals surface area contributed by atoms with E-state index in [9.17, 15) is 0 Å². The standard InChI is InChI=1S/C16H26N4/c1-12(2)11-20(13(3)4)16-14(8-9-17)19-10-6-5-7-15(19)18-16/h5-7,10,12-13H,8-9,11,17H2,1-4H3. The molecule has 20 heavy (non-hydrogen) atoms. The maximum Gasteiger partial charge on any atom is 0.151 e. The van der Waals surface area contributed by atoms with Gasteiger partial charge in [-0.15, -0.1) is 0 Å². The third-order valence-corrected chi connectivity index (χ3v) is 3.45. The smallest absolute Gasteiger partial charge is 0.151 e. The van der Waals surface area contributed by atoms with Crippen molar-refractivity contribution >= 4 is 11.5 Å². The zero-order chi connectivity index (χ0) is 14.7. The molecular formula is C16H26N4. The SMILES string of the molecule is CC(C)CN(c1nc2ccccn2c1CCN)C(C)C. The summed E-state index contributed by atoms with van der Waals surface area (Å²) in [6.07, 6.45) is 2.92. The third kappa shape index (κ3) is 2.96. The molecule has 0 amide bonds. The van der Waals surface area contributed by atoms with Crippen molar-refractivity contribution in [1.29, 1.82) is 0 Å². The molecule has 0 unspecified atom stereocenters. The summed E-state index contributed by atoms with van der Waals surface area (Å²) in [6.45, 7) is 10.6. The summed E-state index contributed by atoms with van der Waals surface area (Å²) < 4.78 is 2.16. The van der Waals surface area contributed by atoms with E-state index in [1.807, 2.05) is 12.1 Å². The molecule has 2 aromatic rings. The van der Waals surface area contributed by atoms with E-state index in [0.717, 1.165) is 24.4 Å². The van der Waals surface area contributed by atoms with Crippen molar-refractivity contribution in [3.05, 3.63) is 30.1 Å². The van der Waals surface area contributed by atoms with E-state index in [2.05, 4.69) is 49.3 Å². The van der Waals surface area contributed by atoms with Crippen LogP contribution >= 0.6 is 0 Å². The number of aromatic nitrogens is 2. The van der Waals surface area contributed by atoms with Gasteiger partial charge in [0.1, 0.15) is 5.65 Å². The maximum atomic E-state index is 5.80. The number of fused-ring (bicyclic) bond motifs is 1. The molecule has 110 valence electrons. The van der Waals surface area contributed by atoms with E-state index in [-0.39, 0.29) is 0 Å². The van der Waals surface area contributed by atoms with Gasteiger partial charge in [-0.1, -0.05) is 19.9 Å². The summed E-state index contributed by atoms with van der Waals surface area (Å²) in [7, 11) is 0. The molecule has 0 saturated carbocycles. The molecule has 2 rings (SSSR count). The lowest BCUT2D eigenvalue weighted by molar-refractivity contribution is 0.565. The fourth-order valence-corrected chi connectivity index (χ4v) is 2.57. The van der Waals surface area contributed by atoms with Crippen LogP contribution in [0.25, 0.3) is 5.65 Å². The Balaban J connectivity index is 2.52. The highest BCUT2D eigenvalue weighted by Crippen LogP contribution is 2.25. The van der Waals surface area contributed by atoms with Gasteiger partial charge in [0.25, 0.3) is 0 Å². The van der Waals surface area contributed by atoms with Gasteiger partial charge in [-0.2, -0.15) is 0 Å². The molecule has 4 heteroatoms. The molecule has 0 aliphatic rings. The molecule has 0 bridgehead atoms. The zero-order valence-electron chi connectivity index (χ0n) is 13.0. The zero-order valence-corrected chi connectivity index (χ0v) is 13.0. The van der Waals surface area contributed by atoms with Crippen LogP contribution in [0.3, 0.4) is 0 Å². The van der Waals surface area contributed by atoms with Crippen LogP contribution in [0.5, 0.6) is 0 Å². The predicted molar refractivity (Wildman–Crippen MR) is 85.3 cm³/mol. The lowest BCUT2D eigenvalue weighted by Gasteiger charge is -2.29. The van der Waals surface area contributed by atoms with Crippen LogP contribution in [-0.2, 0) is 6.42 Å². The van der Waals surface area contributed by atoms with Crippen molar-refractivity contribution in [2.45, 2.75) is 40.2 Å². The van der Waals surface area contributed by atoms with Crippen LogP contribution in [-0.4, -0.2) is 28.5 Å². The molecule has 0 radical (unpaired) electrons. The summed E-state index contributed by atoms with van der Waals surface area (Å²) in [6, 6.07) is 6.55. The van der Waals surface area contributed by atoms with Crippen LogP contribution in [0.2, 0.25) is 0 Å². The third-order valence-electron chi connectivity index (χ3n) is 3.45. The minimum Gasteiger partial charge on any atom is -0.352 e. The van der Waals surface area contributed by atoms with Crippen molar-refractivity contribution in [2.75, 3.05) is 18.0 Å². The van der Waals surface area contributed by atoms with Crippen molar-refractivity contribution in [3.63, 3.8) is 0 Å². The normalized spacial score (nSPS) is 11.8. The van der Waals surface area contributed by atoms with Crippen molar-refractivity contribution < 1.29 is 0 Å². The minimum absolute atomic E-state index is 0.429.